The van der Waals surface area contributed by atoms with E-state index < -0.39 is 0 Å². The Morgan fingerprint density at radius 2 is 2.00 bits per heavy atom. The van der Waals surface area contributed by atoms with E-state index in [-0.39, 0.29) is 6.04 Å². The number of nitriles is 1. The van der Waals surface area contributed by atoms with Gasteiger partial charge in [-0.2, -0.15) is 5.26 Å². The monoisotopic (exact) mass is 329 g/mol. The van der Waals surface area contributed by atoms with Gasteiger partial charge < -0.3 is 5.32 Å². The van der Waals surface area contributed by atoms with Gasteiger partial charge in [-0.1, -0.05) is 30.3 Å². The van der Waals surface area contributed by atoms with Crippen LogP contribution < -0.4 is 5.32 Å². The standard InChI is InChI=1S/C16H16BrN3/c1-12-14(17)9-10-16(19-12)20-15(8-5-11-18)13-6-3-2-4-7-13/h2-4,6-7,9-10,15H,5,8H2,1H3,(H,19,20). The van der Waals surface area contributed by atoms with E-state index >= 15 is 0 Å². The molecule has 1 aromatic carbocycles. The lowest BCUT2D eigenvalue weighted by atomic mass is 10.0. The number of nitrogens with one attached hydrogen (secondary N) is 1. The summed E-state index contributed by atoms with van der Waals surface area (Å²) >= 11 is 3.45. The summed E-state index contributed by atoms with van der Waals surface area (Å²) in [5, 5.41) is 12.2. The van der Waals surface area contributed by atoms with Crippen LogP contribution in [0, 0.1) is 18.3 Å². The lowest BCUT2D eigenvalue weighted by Gasteiger charge is -2.19. The Morgan fingerprint density at radius 1 is 1.25 bits per heavy atom. The smallest absolute Gasteiger partial charge is 0.126 e. The van der Waals surface area contributed by atoms with Crippen molar-refractivity contribution >= 4 is 21.7 Å². The van der Waals surface area contributed by atoms with Gasteiger partial charge in [-0.05, 0) is 47.0 Å². The molecule has 1 aromatic heterocycles. The average molecular weight is 330 g/mol. The summed E-state index contributed by atoms with van der Waals surface area (Å²) in [6, 6.07) is 16.4. The Kier molecular flexibility index (Phi) is 5.14. The fourth-order valence-corrected chi connectivity index (χ4v) is 2.24. The van der Waals surface area contributed by atoms with Crippen molar-refractivity contribution in [1.82, 2.24) is 4.98 Å². The van der Waals surface area contributed by atoms with E-state index in [2.05, 4.69) is 44.4 Å². The third kappa shape index (κ3) is 3.82. The van der Waals surface area contributed by atoms with E-state index in [9.17, 15) is 0 Å². The average Bonchev–Trinajstić information content (AvgIpc) is 2.48. The lowest BCUT2D eigenvalue weighted by molar-refractivity contribution is 0.705. The Bertz CT molecular complexity index is 605. The molecule has 1 N–H and O–H groups in total. The van der Waals surface area contributed by atoms with Crippen LogP contribution >= 0.6 is 15.9 Å². The number of pyridine rings is 1. The zero-order chi connectivity index (χ0) is 14.4. The van der Waals surface area contributed by atoms with Crippen molar-refractivity contribution in [3.8, 4) is 6.07 Å². The van der Waals surface area contributed by atoms with Crippen LogP contribution in [-0.4, -0.2) is 4.98 Å². The van der Waals surface area contributed by atoms with Gasteiger partial charge >= 0.3 is 0 Å². The highest BCUT2D eigenvalue weighted by molar-refractivity contribution is 9.10. The first-order chi connectivity index (χ1) is 9.70. The third-order valence-corrected chi connectivity index (χ3v) is 3.93. The highest BCUT2D eigenvalue weighted by Gasteiger charge is 2.11. The number of nitrogens with zero attached hydrogens (tertiary/aromatic N) is 2. The van der Waals surface area contributed by atoms with Crippen molar-refractivity contribution in [3.05, 3.63) is 58.2 Å². The van der Waals surface area contributed by atoms with Gasteiger partial charge in [-0.15, -0.1) is 0 Å². The van der Waals surface area contributed by atoms with E-state index in [1.165, 1.54) is 5.56 Å². The van der Waals surface area contributed by atoms with Crippen molar-refractivity contribution in [2.75, 3.05) is 5.32 Å². The predicted molar refractivity (Wildman–Crippen MR) is 84.3 cm³/mol. The van der Waals surface area contributed by atoms with Crippen molar-refractivity contribution in [2.24, 2.45) is 0 Å². The highest BCUT2D eigenvalue weighted by Crippen LogP contribution is 2.24. The molecule has 4 heteroatoms. The van der Waals surface area contributed by atoms with Crippen LogP contribution in [0.1, 0.15) is 30.1 Å². The second-order valence-corrected chi connectivity index (χ2v) is 5.42. The van der Waals surface area contributed by atoms with Gasteiger partial charge in [0.25, 0.3) is 0 Å². The third-order valence-electron chi connectivity index (χ3n) is 3.09. The largest absolute Gasteiger partial charge is 0.363 e. The minimum absolute atomic E-state index is 0.101. The van der Waals surface area contributed by atoms with Crippen LogP contribution in [0.4, 0.5) is 5.82 Å². The lowest BCUT2D eigenvalue weighted by Crippen LogP contribution is -2.12. The molecule has 1 unspecified atom stereocenters. The molecule has 0 aliphatic carbocycles. The number of halogens is 1. The van der Waals surface area contributed by atoms with Gasteiger partial charge in [-0.3, -0.25) is 0 Å². The van der Waals surface area contributed by atoms with E-state index in [0.717, 1.165) is 22.4 Å². The molecular formula is C16H16BrN3. The van der Waals surface area contributed by atoms with E-state index in [0.29, 0.717) is 6.42 Å². The SMILES string of the molecule is Cc1nc(NC(CCC#N)c2ccccc2)ccc1Br. The quantitative estimate of drug-likeness (QED) is 0.871. The number of hydrogen-bond donors (Lipinski definition) is 1. The van der Waals surface area contributed by atoms with Crippen LogP contribution in [-0.2, 0) is 0 Å². The molecule has 0 saturated carbocycles. The van der Waals surface area contributed by atoms with E-state index in [4.69, 9.17) is 5.26 Å². The first-order valence-corrected chi connectivity index (χ1v) is 7.31. The number of benzene rings is 1. The molecule has 20 heavy (non-hydrogen) atoms. The second-order valence-electron chi connectivity index (χ2n) is 4.57. The summed E-state index contributed by atoms with van der Waals surface area (Å²) in [6.45, 7) is 1.96. The highest BCUT2D eigenvalue weighted by atomic mass is 79.9. The van der Waals surface area contributed by atoms with Gasteiger partial charge in [-0.25, -0.2) is 4.98 Å². The van der Waals surface area contributed by atoms with Crippen LogP contribution in [0.25, 0.3) is 0 Å². The van der Waals surface area contributed by atoms with Gasteiger partial charge in [0.1, 0.15) is 5.82 Å². The Labute approximate surface area is 127 Å². The van der Waals surface area contributed by atoms with Crippen LogP contribution in [0.3, 0.4) is 0 Å². The Balaban J connectivity index is 2.19. The molecule has 1 heterocycles. The summed E-state index contributed by atoms with van der Waals surface area (Å²) < 4.78 is 0.997. The molecule has 0 spiro atoms. The maximum atomic E-state index is 8.81. The van der Waals surface area contributed by atoms with Crippen molar-refractivity contribution in [2.45, 2.75) is 25.8 Å². The van der Waals surface area contributed by atoms with Crippen LogP contribution in [0.2, 0.25) is 0 Å². The summed E-state index contributed by atoms with van der Waals surface area (Å²) in [5.74, 6) is 0.831. The zero-order valence-electron chi connectivity index (χ0n) is 11.3. The molecule has 1 atom stereocenters. The normalized spacial score (nSPS) is 11.7. The second kappa shape index (κ2) is 7.06. The van der Waals surface area contributed by atoms with Crippen molar-refractivity contribution < 1.29 is 0 Å². The first-order valence-electron chi connectivity index (χ1n) is 6.52. The molecule has 0 saturated heterocycles. The zero-order valence-corrected chi connectivity index (χ0v) is 12.9. The minimum atomic E-state index is 0.101. The van der Waals surface area contributed by atoms with Gasteiger partial charge in [0.15, 0.2) is 0 Å². The maximum Gasteiger partial charge on any atom is 0.126 e. The molecule has 2 rings (SSSR count). The molecule has 102 valence electrons. The molecule has 0 radical (unpaired) electrons. The molecular weight excluding hydrogens is 314 g/mol. The Hall–Kier alpha value is -1.86. The summed E-state index contributed by atoms with van der Waals surface area (Å²) in [5.41, 5.74) is 2.12. The first kappa shape index (κ1) is 14.5. The molecule has 2 aromatic rings. The summed E-state index contributed by atoms with van der Waals surface area (Å²) in [4.78, 5) is 4.51. The molecule has 0 bridgehead atoms. The molecule has 0 aliphatic rings. The van der Waals surface area contributed by atoms with E-state index in [1.54, 1.807) is 0 Å². The predicted octanol–water partition coefficient (Wildman–Crippen LogP) is 4.61. The van der Waals surface area contributed by atoms with Crippen molar-refractivity contribution in [3.63, 3.8) is 0 Å². The number of rotatable bonds is 5. The van der Waals surface area contributed by atoms with E-state index in [1.807, 2.05) is 37.3 Å². The fourth-order valence-electron chi connectivity index (χ4n) is 2.02. The minimum Gasteiger partial charge on any atom is -0.363 e. The fraction of sp³-hybridized carbons (Fsp3) is 0.250. The van der Waals surface area contributed by atoms with Crippen LogP contribution in [0.5, 0.6) is 0 Å². The maximum absolute atomic E-state index is 8.81. The number of anilines is 1. The number of aromatic nitrogens is 1. The molecule has 3 nitrogen and oxygen atoms in total. The summed E-state index contributed by atoms with van der Waals surface area (Å²) in [7, 11) is 0. The Morgan fingerprint density at radius 3 is 2.65 bits per heavy atom. The van der Waals surface area contributed by atoms with Gasteiger partial charge in [0, 0.05) is 10.9 Å². The van der Waals surface area contributed by atoms with Gasteiger partial charge in [0.2, 0.25) is 0 Å². The molecule has 0 aliphatic heterocycles. The van der Waals surface area contributed by atoms with Crippen molar-refractivity contribution in [1.29, 1.82) is 5.26 Å². The summed E-state index contributed by atoms with van der Waals surface area (Å²) in [6.07, 6.45) is 1.28. The topological polar surface area (TPSA) is 48.7 Å². The number of hydrogen-bond acceptors (Lipinski definition) is 3. The van der Waals surface area contributed by atoms with Gasteiger partial charge in [0.05, 0.1) is 17.8 Å². The molecule has 0 fully saturated rings. The molecule has 0 amide bonds. The number of aryl methyl sites for hydroxylation is 1. The van der Waals surface area contributed by atoms with Crippen LogP contribution in [0.15, 0.2) is 46.9 Å².